The van der Waals surface area contributed by atoms with Gasteiger partial charge < -0.3 is 10.2 Å². The molecule has 0 spiro atoms. The number of pyridine rings is 1. The molecule has 3 rings (SSSR count). The predicted molar refractivity (Wildman–Crippen MR) is 86.4 cm³/mol. The molecule has 1 aliphatic heterocycles. The van der Waals surface area contributed by atoms with Crippen LogP contribution in [0.1, 0.15) is 28.8 Å². The second-order valence-electron chi connectivity index (χ2n) is 5.69. The van der Waals surface area contributed by atoms with Crippen LogP contribution < -0.4 is 5.32 Å². The van der Waals surface area contributed by atoms with Crippen molar-refractivity contribution in [2.24, 2.45) is 0 Å². The molecule has 1 unspecified atom stereocenters. The lowest BCUT2D eigenvalue weighted by molar-refractivity contribution is 0.0694. The van der Waals surface area contributed by atoms with Crippen LogP contribution in [0.5, 0.6) is 0 Å². The molecule has 1 aromatic carbocycles. The Morgan fingerprint density at radius 3 is 2.73 bits per heavy atom. The zero-order valence-electron chi connectivity index (χ0n) is 12.6. The Morgan fingerprint density at radius 1 is 1.18 bits per heavy atom. The number of nitrogens with one attached hydrogen (secondary N) is 1. The van der Waals surface area contributed by atoms with Crippen LogP contribution in [-0.4, -0.2) is 34.9 Å². The monoisotopic (exact) mass is 295 g/mol. The predicted octanol–water partition coefficient (Wildman–Crippen LogP) is 2.48. The van der Waals surface area contributed by atoms with Crippen LogP contribution >= 0.6 is 0 Å². The van der Waals surface area contributed by atoms with Gasteiger partial charge in [-0.05, 0) is 42.7 Å². The smallest absolute Gasteiger partial charge is 0.253 e. The third-order valence-electron chi connectivity index (χ3n) is 4.07. The van der Waals surface area contributed by atoms with Crippen molar-refractivity contribution < 1.29 is 4.79 Å². The van der Waals surface area contributed by atoms with Crippen molar-refractivity contribution in [2.75, 3.05) is 13.1 Å². The van der Waals surface area contributed by atoms with Gasteiger partial charge in [-0.1, -0.05) is 18.2 Å². The maximum Gasteiger partial charge on any atom is 0.253 e. The Hall–Kier alpha value is -2.20. The number of likely N-dealkylation sites (tertiary alicyclic amines) is 1. The highest BCUT2D eigenvalue weighted by atomic mass is 16.2. The number of carbonyl (C=O) groups is 1. The number of carbonyl (C=O) groups excluding carboxylic acids is 1. The maximum absolute atomic E-state index is 12.5. The van der Waals surface area contributed by atoms with Gasteiger partial charge in [-0.15, -0.1) is 0 Å². The van der Waals surface area contributed by atoms with Gasteiger partial charge in [0.25, 0.3) is 5.91 Å². The summed E-state index contributed by atoms with van der Waals surface area (Å²) >= 11 is 0. The quantitative estimate of drug-likeness (QED) is 0.942. The van der Waals surface area contributed by atoms with Crippen molar-refractivity contribution in [2.45, 2.75) is 25.4 Å². The molecule has 1 aliphatic rings. The van der Waals surface area contributed by atoms with Crippen LogP contribution in [-0.2, 0) is 6.54 Å². The molecule has 4 nitrogen and oxygen atoms in total. The number of rotatable bonds is 4. The molecule has 1 atom stereocenters. The largest absolute Gasteiger partial charge is 0.337 e. The molecule has 4 heteroatoms. The normalized spacial score (nSPS) is 18.2. The average molecular weight is 295 g/mol. The van der Waals surface area contributed by atoms with E-state index in [2.05, 4.69) is 10.3 Å². The van der Waals surface area contributed by atoms with E-state index in [9.17, 15) is 4.79 Å². The van der Waals surface area contributed by atoms with E-state index >= 15 is 0 Å². The van der Waals surface area contributed by atoms with Crippen LogP contribution in [0.2, 0.25) is 0 Å². The van der Waals surface area contributed by atoms with Crippen molar-refractivity contribution in [1.29, 1.82) is 0 Å². The molecule has 0 aliphatic carbocycles. The summed E-state index contributed by atoms with van der Waals surface area (Å²) in [6, 6.07) is 13.9. The van der Waals surface area contributed by atoms with Gasteiger partial charge in [0, 0.05) is 43.6 Å². The number of aromatic nitrogens is 1. The van der Waals surface area contributed by atoms with E-state index in [1.54, 1.807) is 0 Å². The van der Waals surface area contributed by atoms with Gasteiger partial charge in [-0.25, -0.2) is 0 Å². The van der Waals surface area contributed by atoms with Crippen LogP contribution in [0.3, 0.4) is 0 Å². The summed E-state index contributed by atoms with van der Waals surface area (Å²) in [7, 11) is 0. The van der Waals surface area contributed by atoms with Crippen molar-refractivity contribution in [3.63, 3.8) is 0 Å². The van der Waals surface area contributed by atoms with Gasteiger partial charge >= 0.3 is 0 Å². The summed E-state index contributed by atoms with van der Waals surface area (Å²) in [6.45, 7) is 2.44. The molecular formula is C18H21N3O. The number of benzene rings is 1. The van der Waals surface area contributed by atoms with Gasteiger partial charge in [-0.3, -0.25) is 9.78 Å². The third kappa shape index (κ3) is 3.71. The van der Waals surface area contributed by atoms with Gasteiger partial charge in [-0.2, -0.15) is 0 Å². The molecule has 1 aromatic heterocycles. The lowest BCUT2D eigenvalue weighted by Gasteiger charge is -2.33. The maximum atomic E-state index is 12.5. The minimum absolute atomic E-state index is 0.135. The Labute approximate surface area is 131 Å². The first-order chi connectivity index (χ1) is 10.8. The highest BCUT2D eigenvalue weighted by Gasteiger charge is 2.23. The van der Waals surface area contributed by atoms with Crippen LogP contribution in [0.15, 0.2) is 54.9 Å². The Bertz CT molecular complexity index is 600. The second kappa shape index (κ2) is 7.18. The first-order valence-electron chi connectivity index (χ1n) is 7.79. The fourth-order valence-electron chi connectivity index (χ4n) is 2.85. The molecular weight excluding hydrogens is 274 g/mol. The average Bonchev–Trinajstić information content (AvgIpc) is 2.61. The molecule has 114 valence electrons. The van der Waals surface area contributed by atoms with E-state index in [4.69, 9.17) is 0 Å². The lowest BCUT2D eigenvalue weighted by atomic mass is 10.0. The minimum atomic E-state index is 0.135. The third-order valence-corrected chi connectivity index (χ3v) is 4.07. The summed E-state index contributed by atoms with van der Waals surface area (Å²) in [5.41, 5.74) is 2.00. The highest BCUT2D eigenvalue weighted by molar-refractivity contribution is 5.94. The van der Waals surface area contributed by atoms with E-state index in [1.165, 1.54) is 5.56 Å². The van der Waals surface area contributed by atoms with Crippen molar-refractivity contribution >= 4 is 5.91 Å². The summed E-state index contributed by atoms with van der Waals surface area (Å²) < 4.78 is 0. The van der Waals surface area contributed by atoms with Crippen molar-refractivity contribution in [1.82, 2.24) is 15.2 Å². The molecule has 0 saturated carbocycles. The Balaban J connectivity index is 1.56. The first kappa shape index (κ1) is 14.7. The molecule has 0 bridgehead atoms. The van der Waals surface area contributed by atoms with Crippen LogP contribution in [0.4, 0.5) is 0 Å². The lowest BCUT2D eigenvalue weighted by Crippen LogP contribution is -2.47. The molecule has 0 radical (unpaired) electrons. The van der Waals surface area contributed by atoms with E-state index in [0.29, 0.717) is 6.04 Å². The van der Waals surface area contributed by atoms with Crippen molar-refractivity contribution in [3.8, 4) is 0 Å². The summed E-state index contributed by atoms with van der Waals surface area (Å²) in [6.07, 6.45) is 5.78. The molecule has 1 N–H and O–H groups in total. The van der Waals surface area contributed by atoms with Crippen LogP contribution in [0.25, 0.3) is 0 Å². The molecule has 22 heavy (non-hydrogen) atoms. The fraction of sp³-hybridized carbons (Fsp3) is 0.333. The van der Waals surface area contributed by atoms with E-state index in [-0.39, 0.29) is 5.91 Å². The van der Waals surface area contributed by atoms with E-state index < -0.39 is 0 Å². The molecule has 2 heterocycles. The molecule has 1 saturated heterocycles. The second-order valence-corrected chi connectivity index (χ2v) is 5.69. The number of hydrogen-bond donors (Lipinski definition) is 1. The summed E-state index contributed by atoms with van der Waals surface area (Å²) in [4.78, 5) is 18.5. The van der Waals surface area contributed by atoms with Gasteiger partial charge in [0.1, 0.15) is 0 Å². The highest BCUT2D eigenvalue weighted by Crippen LogP contribution is 2.14. The standard InChI is InChI=1S/C18H21N3O/c22-18(16-5-2-1-3-6-16)21-12-4-7-17(14-21)20-13-15-8-10-19-11-9-15/h1-3,5-6,8-11,17,20H,4,7,12-14H2. The molecule has 1 amide bonds. The first-order valence-corrected chi connectivity index (χ1v) is 7.79. The fourth-order valence-corrected chi connectivity index (χ4v) is 2.85. The van der Waals surface area contributed by atoms with Crippen molar-refractivity contribution in [3.05, 3.63) is 66.0 Å². The number of piperidine rings is 1. The number of hydrogen-bond acceptors (Lipinski definition) is 3. The topological polar surface area (TPSA) is 45.2 Å². The summed E-state index contributed by atoms with van der Waals surface area (Å²) in [5, 5.41) is 3.55. The zero-order chi connectivity index (χ0) is 15.2. The Morgan fingerprint density at radius 2 is 1.95 bits per heavy atom. The zero-order valence-corrected chi connectivity index (χ0v) is 12.6. The molecule has 1 fully saturated rings. The van der Waals surface area contributed by atoms with Gasteiger partial charge in [0.2, 0.25) is 0 Å². The number of amides is 1. The molecule has 2 aromatic rings. The van der Waals surface area contributed by atoms with E-state index in [1.807, 2.05) is 59.8 Å². The van der Waals surface area contributed by atoms with Crippen LogP contribution in [0, 0.1) is 0 Å². The van der Waals surface area contributed by atoms with Gasteiger partial charge in [0.05, 0.1) is 0 Å². The van der Waals surface area contributed by atoms with E-state index in [0.717, 1.165) is 38.0 Å². The summed E-state index contributed by atoms with van der Waals surface area (Å²) in [5.74, 6) is 0.135. The SMILES string of the molecule is O=C(c1ccccc1)N1CCCC(NCc2ccncc2)C1. The minimum Gasteiger partial charge on any atom is -0.337 e. The Kier molecular flexibility index (Phi) is 4.81. The number of nitrogens with zero attached hydrogens (tertiary/aromatic N) is 2. The van der Waals surface area contributed by atoms with Gasteiger partial charge in [0.15, 0.2) is 0 Å².